The summed E-state index contributed by atoms with van der Waals surface area (Å²) in [5, 5.41) is 22.4. The van der Waals surface area contributed by atoms with E-state index >= 15 is 8.78 Å². The van der Waals surface area contributed by atoms with Crippen LogP contribution >= 0.6 is 0 Å². The van der Waals surface area contributed by atoms with Gasteiger partial charge in [0.2, 0.25) is 0 Å². The first-order chi connectivity index (χ1) is 11.2. The number of alkyl halides is 2. The van der Waals surface area contributed by atoms with Crippen LogP contribution in [-0.4, -0.2) is 50.9 Å². The summed E-state index contributed by atoms with van der Waals surface area (Å²) in [5.41, 5.74) is 0. The smallest absolute Gasteiger partial charge is 0.249 e. The minimum atomic E-state index is -3.11. The van der Waals surface area contributed by atoms with Gasteiger partial charge in [0.15, 0.2) is 0 Å². The van der Waals surface area contributed by atoms with Crippen molar-refractivity contribution in [2.75, 3.05) is 0 Å². The van der Waals surface area contributed by atoms with Crippen molar-refractivity contribution in [2.45, 2.75) is 30.5 Å². The summed E-state index contributed by atoms with van der Waals surface area (Å²) in [5.74, 6) is -3.11. The highest BCUT2D eigenvalue weighted by atomic mass is 19.3. The van der Waals surface area contributed by atoms with E-state index in [4.69, 9.17) is 0 Å². The molecule has 1 aliphatic rings. The van der Waals surface area contributed by atoms with Gasteiger partial charge < -0.3 is 0 Å². The van der Waals surface area contributed by atoms with Gasteiger partial charge in [-0.3, -0.25) is 0 Å². The zero-order valence-corrected chi connectivity index (χ0v) is 11.8. The van der Waals surface area contributed by atoms with E-state index in [1.54, 1.807) is 10.9 Å². The number of nitrogens with zero attached hydrogens (tertiary/aromatic N) is 9. The highest BCUT2D eigenvalue weighted by molar-refractivity contribution is 5.08. The third-order valence-electron chi connectivity index (χ3n) is 3.97. The summed E-state index contributed by atoms with van der Waals surface area (Å²) < 4.78 is 33.9. The van der Waals surface area contributed by atoms with E-state index in [1.807, 2.05) is 0 Å². The Hall–Kier alpha value is -2.72. The van der Waals surface area contributed by atoms with Gasteiger partial charge in [-0.25, -0.2) is 22.8 Å². The van der Waals surface area contributed by atoms with Crippen molar-refractivity contribution < 1.29 is 8.78 Å². The topological polar surface area (TPSA) is 92.1 Å². The molecule has 3 aromatic heterocycles. The van der Waals surface area contributed by atoms with Crippen LogP contribution in [0.3, 0.4) is 0 Å². The molecule has 1 aliphatic carbocycles. The van der Waals surface area contributed by atoms with Gasteiger partial charge in [0.25, 0.3) is 5.92 Å². The average Bonchev–Trinajstić information content (AvgIpc) is 3.29. The zero-order chi connectivity index (χ0) is 15.9. The molecule has 4 rings (SSSR count). The summed E-state index contributed by atoms with van der Waals surface area (Å²) in [6, 6.07) is -2.83. The molecule has 3 heterocycles. The molecule has 3 unspecified atom stereocenters. The van der Waals surface area contributed by atoms with E-state index in [-0.39, 0.29) is 12.5 Å². The summed E-state index contributed by atoms with van der Waals surface area (Å²) in [4.78, 5) is 0. The zero-order valence-electron chi connectivity index (χ0n) is 11.8. The Kier molecular flexibility index (Phi) is 3.13. The number of aromatic nitrogens is 9. The van der Waals surface area contributed by atoms with Crippen LogP contribution in [0.5, 0.6) is 0 Å². The van der Waals surface area contributed by atoms with E-state index in [2.05, 4.69) is 30.9 Å². The van der Waals surface area contributed by atoms with Crippen LogP contribution in [0.25, 0.3) is 0 Å². The minimum absolute atomic E-state index is 0.116. The van der Waals surface area contributed by atoms with Gasteiger partial charge in [-0.2, -0.15) is 0 Å². The molecule has 1 saturated carbocycles. The lowest BCUT2D eigenvalue weighted by Crippen LogP contribution is -2.46. The van der Waals surface area contributed by atoms with Crippen LogP contribution in [0.2, 0.25) is 0 Å². The SMILES string of the molecule is FC1(F)C(n2ccnn2)[CH]C(n2ccnn2)CC1n1ccnn1. The number of halogens is 2. The average molecular weight is 320 g/mol. The molecule has 9 nitrogen and oxygen atoms in total. The van der Waals surface area contributed by atoms with Crippen LogP contribution in [0.1, 0.15) is 24.5 Å². The lowest BCUT2D eigenvalue weighted by molar-refractivity contribution is -0.116. The molecule has 3 aromatic rings. The summed E-state index contributed by atoms with van der Waals surface area (Å²) in [7, 11) is 0. The maximum Gasteiger partial charge on any atom is 0.292 e. The monoisotopic (exact) mass is 320 g/mol. The molecule has 0 bridgehead atoms. The Morgan fingerprint density at radius 2 is 1.39 bits per heavy atom. The second-order valence-electron chi connectivity index (χ2n) is 5.28. The lowest BCUT2D eigenvalue weighted by atomic mass is 9.83. The van der Waals surface area contributed by atoms with Gasteiger partial charge in [0, 0.05) is 25.0 Å². The Morgan fingerprint density at radius 3 is 1.96 bits per heavy atom. The van der Waals surface area contributed by atoms with Crippen LogP contribution in [0, 0.1) is 6.42 Å². The van der Waals surface area contributed by atoms with Crippen molar-refractivity contribution in [3.05, 3.63) is 43.6 Å². The minimum Gasteiger partial charge on any atom is -0.249 e. The first-order valence-corrected chi connectivity index (χ1v) is 6.96. The molecule has 0 aromatic carbocycles. The first kappa shape index (κ1) is 13.9. The molecule has 0 spiro atoms. The predicted octanol–water partition coefficient (Wildman–Crippen LogP) is 0.728. The van der Waals surface area contributed by atoms with Crippen molar-refractivity contribution in [1.82, 2.24) is 45.0 Å². The molecule has 119 valence electrons. The number of hydrogen-bond acceptors (Lipinski definition) is 6. The fourth-order valence-electron chi connectivity index (χ4n) is 2.89. The van der Waals surface area contributed by atoms with Crippen LogP contribution in [0.4, 0.5) is 8.78 Å². The Bertz CT molecular complexity index is 691. The summed E-state index contributed by atoms with van der Waals surface area (Å²) in [6.07, 6.45) is 10.4. The molecule has 0 N–H and O–H groups in total. The lowest BCUT2D eigenvalue weighted by Gasteiger charge is -2.40. The predicted molar refractivity (Wildman–Crippen MR) is 71.0 cm³/mol. The standard InChI is InChI=1S/C12H12F2N9/c13-12(14)10(22-5-2-16-19-22)7-9(21-4-1-15-18-21)8-11(12)23-6-3-17-20-23/h1-7,9-11H,8H2. The van der Waals surface area contributed by atoms with Gasteiger partial charge >= 0.3 is 0 Å². The van der Waals surface area contributed by atoms with Crippen LogP contribution in [-0.2, 0) is 0 Å². The second-order valence-corrected chi connectivity index (χ2v) is 5.28. The molecule has 0 aliphatic heterocycles. The van der Waals surface area contributed by atoms with Gasteiger partial charge in [-0.1, -0.05) is 15.6 Å². The molecule has 1 fully saturated rings. The van der Waals surface area contributed by atoms with E-state index in [0.29, 0.717) is 0 Å². The third-order valence-corrected chi connectivity index (χ3v) is 3.97. The third kappa shape index (κ3) is 2.28. The van der Waals surface area contributed by atoms with Crippen LogP contribution in [0.15, 0.2) is 37.2 Å². The first-order valence-electron chi connectivity index (χ1n) is 6.96. The quantitative estimate of drug-likeness (QED) is 0.706. The van der Waals surface area contributed by atoms with Crippen molar-refractivity contribution in [3.8, 4) is 0 Å². The van der Waals surface area contributed by atoms with E-state index < -0.39 is 18.0 Å². The van der Waals surface area contributed by atoms with Gasteiger partial charge in [-0.15, -0.1) is 15.3 Å². The van der Waals surface area contributed by atoms with Gasteiger partial charge in [0.1, 0.15) is 12.1 Å². The fourth-order valence-corrected chi connectivity index (χ4v) is 2.89. The summed E-state index contributed by atoms with van der Waals surface area (Å²) >= 11 is 0. The van der Waals surface area contributed by atoms with E-state index in [9.17, 15) is 0 Å². The van der Waals surface area contributed by atoms with Gasteiger partial charge in [-0.05, 0) is 6.42 Å². The Labute approximate surface area is 128 Å². The van der Waals surface area contributed by atoms with Gasteiger partial charge in [0.05, 0.1) is 24.6 Å². The highest BCUT2D eigenvalue weighted by Crippen LogP contribution is 2.50. The number of hydrogen-bond donors (Lipinski definition) is 0. The molecule has 0 saturated heterocycles. The normalized spacial score (nSPS) is 27.1. The molecule has 3 atom stereocenters. The Balaban J connectivity index is 1.75. The maximum absolute atomic E-state index is 15.0. The largest absolute Gasteiger partial charge is 0.292 e. The van der Waals surface area contributed by atoms with Crippen molar-refractivity contribution in [1.29, 1.82) is 0 Å². The molecule has 0 amide bonds. The number of rotatable bonds is 3. The second kappa shape index (κ2) is 5.18. The summed E-state index contributed by atoms with van der Waals surface area (Å²) in [6.45, 7) is 0. The molecular weight excluding hydrogens is 308 g/mol. The van der Waals surface area contributed by atoms with Crippen molar-refractivity contribution >= 4 is 0 Å². The molecule has 1 radical (unpaired) electrons. The Morgan fingerprint density at radius 1 is 0.826 bits per heavy atom. The fraction of sp³-hybridized carbons (Fsp3) is 0.417. The van der Waals surface area contributed by atoms with Crippen molar-refractivity contribution in [2.24, 2.45) is 0 Å². The van der Waals surface area contributed by atoms with E-state index in [0.717, 1.165) is 4.68 Å². The van der Waals surface area contributed by atoms with E-state index in [1.165, 1.54) is 42.1 Å². The maximum atomic E-state index is 15.0. The molecule has 11 heteroatoms. The highest BCUT2D eigenvalue weighted by Gasteiger charge is 2.55. The van der Waals surface area contributed by atoms with Crippen LogP contribution < -0.4 is 0 Å². The van der Waals surface area contributed by atoms with Crippen molar-refractivity contribution in [3.63, 3.8) is 0 Å². The molecular formula is C12H12F2N9. The molecule has 23 heavy (non-hydrogen) atoms.